The molecule has 0 spiro atoms. The van der Waals surface area contributed by atoms with E-state index in [1.54, 1.807) is 0 Å². The summed E-state index contributed by atoms with van der Waals surface area (Å²) in [5, 5.41) is 13.0. The van der Waals surface area contributed by atoms with Crippen LogP contribution in [0.15, 0.2) is 0 Å². The van der Waals surface area contributed by atoms with Crippen molar-refractivity contribution in [2.24, 2.45) is 11.8 Å². The lowest BCUT2D eigenvalue weighted by Crippen LogP contribution is -2.50. The average molecular weight is 268 g/mol. The Balaban J connectivity index is 1.74. The number of piperidine rings is 1. The number of nitrogens with zero attached hydrogens (tertiary/aromatic N) is 1. The van der Waals surface area contributed by atoms with Crippen LogP contribution in [-0.4, -0.2) is 48.8 Å². The largest absolute Gasteiger partial charge is 0.395 e. The van der Waals surface area contributed by atoms with Gasteiger partial charge in [0.1, 0.15) is 0 Å². The molecule has 2 unspecified atom stereocenters. The van der Waals surface area contributed by atoms with E-state index in [0.717, 1.165) is 24.9 Å². The molecule has 3 nitrogen and oxygen atoms in total. The molecule has 0 aromatic heterocycles. The summed E-state index contributed by atoms with van der Waals surface area (Å²) in [5.41, 5.74) is 0. The molecular formula is C16H32N2O. The van der Waals surface area contributed by atoms with Crippen molar-refractivity contribution in [3.63, 3.8) is 0 Å². The topological polar surface area (TPSA) is 35.5 Å². The maximum Gasteiger partial charge on any atom is 0.0558 e. The van der Waals surface area contributed by atoms with E-state index in [1.807, 2.05) is 0 Å². The quantitative estimate of drug-likeness (QED) is 0.775. The van der Waals surface area contributed by atoms with Crippen molar-refractivity contribution in [2.45, 2.75) is 57.9 Å². The molecule has 1 aliphatic carbocycles. The van der Waals surface area contributed by atoms with Gasteiger partial charge >= 0.3 is 0 Å². The molecule has 0 bridgehead atoms. The van der Waals surface area contributed by atoms with E-state index in [9.17, 15) is 0 Å². The van der Waals surface area contributed by atoms with Gasteiger partial charge in [-0.2, -0.15) is 0 Å². The minimum Gasteiger partial charge on any atom is -0.395 e. The second-order valence-electron chi connectivity index (χ2n) is 6.60. The molecule has 1 saturated heterocycles. The van der Waals surface area contributed by atoms with Crippen LogP contribution in [0.3, 0.4) is 0 Å². The summed E-state index contributed by atoms with van der Waals surface area (Å²) in [6, 6.07) is 0.646. The maximum atomic E-state index is 9.14. The fourth-order valence-corrected chi connectivity index (χ4v) is 3.80. The molecule has 0 aromatic rings. The van der Waals surface area contributed by atoms with E-state index < -0.39 is 0 Å². The number of aliphatic hydroxyl groups excluding tert-OH is 1. The average Bonchev–Trinajstić information content (AvgIpc) is 2.46. The zero-order chi connectivity index (χ0) is 13.5. The Bertz CT molecular complexity index is 241. The van der Waals surface area contributed by atoms with Crippen LogP contribution >= 0.6 is 0 Å². The molecule has 0 aromatic carbocycles. The number of β-amino-alcohol motifs (C(OH)–C–C–N with tert-alkyl or cyclic N) is 1. The monoisotopic (exact) mass is 268 g/mol. The van der Waals surface area contributed by atoms with Crippen molar-refractivity contribution < 1.29 is 5.11 Å². The molecule has 0 radical (unpaired) electrons. The standard InChI is InChI=1S/C16H32N2O/c1-2-14-10-16(13-18(12-14)8-9-19)17-11-15-6-4-3-5-7-15/h14-17,19H,2-13H2,1H3. The molecular weight excluding hydrogens is 236 g/mol. The van der Waals surface area contributed by atoms with Gasteiger partial charge < -0.3 is 10.4 Å². The summed E-state index contributed by atoms with van der Waals surface area (Å²) in [5.74, 6) is 1.73. The number of likely N-dealkylation sites (tertiary alicyclic amines) is 1. The number of aliphatic hydroxyl groups is 1. The summed E-state index contributed by atoms with van der Waals surface area (Å²) in [6.07, 6.45) is 9.77. The summed E-state index contributed by atoms with van der Waals surface area (Å²) in [7, 11) is 0. The Labute approximate surface area is 118 Å². The van der Waals surface area contributed by atoms with Gasteiger partial charge in [0.25, 0.3) is 0 Å². The van der Waals surface area contributed by atoms with E-state index in [-0.39, 0.29) is 0 Å². The molecule has 3 heteroatoms. The summed E-state index contributed by atoms with van der Waals surface area (Å²) >= 11 is 0. The van der Waals surface area contributed by atoms with Gasteiger partial charge in [0.2, 0.25) is 0 Å². The SMILES string of the molecule is CCC1CC(NCC2CCCCC2)CN(CCO)C1. The lowest BCUT2D eigenvalue weighted by Gasteiger charge is -2.38. The lowest BCUT2D eigenvalue weighted by atomic mass is 9.88. The van der Waals surface area contributed by atoms with Crippen molar-refractivity contribution in [3.8, 4) is 0 Å². The third-order valence-corrected chi connectivity index (χ3v) is 5.03. The highest BCUT2D eigenvalue weighted by atomic mass is 16.3. The third-order valence-electron chi connectivity index (χ3n) is 5.03. The van der Waals surface area contributed by atoms with Crippen LogP contribution in [0, 0.1) is 11.8 Å². The summed E-state index contributed by atoms with van der Waals surface area (Å²) in [4.78, 5) is 2.44. The lowest BCUT2D eigenvalue weighted by molar-refractivity contribution is 0.111. The van der Waals surface area contributed by atoms with Gasteiger partial charge in [0.15, 0.2) is 0 Å². The smallest absolute Gasteiger partial charge is 0.0558 e. The Morgan fingerprint density at radius 3 is 2.58 bits per heavy atom. The Morgan fingerprint density at radius 1 is 1.11 bits per heavy atom. The first-order valence-corrected chi connectivity index (χ1v) is 8.38. The van der Waals surface area contributed by atoms with E-state index >= 15 is 0 Å². The van der Waals surface area contributed by atoms with E-state index in [2.05, 4.69) is 17.1 Å². The molecule has 2 N–H and O–H groups in total. The number of hydrogen-bond donors (Lipinski definition) is 2. The molecule has 2 fully saturated rings. The Morgan fingerprint density at radius 2 is 1.89 bits per heavy atom. The summed E-state index contributed by atoms with van der Waals surface area (Å²) in [6.45, 7) is 6.96. The van der Waals surface area contributed by atoms with E-state index in [4.69, 9.17) is 5.11 Å². The van der Waals surface area contributed by atoms with Crippen molar-refractivity contribution in [1.82, 2.24) is 10.2 Å². The first-order valence-electron chi connectivity index (χ1n) is 8.38. The van der Waals surface area contributed by atoms with Crippen LogP contribution in [0.4, 0.5) is 0 Å². The maximum absolute atomic E-state index is 9.14. The van der Waals surface area contributed by atoms with Crippen molar-refractivity contribution in [1.29, 1.82) is 0 Å². The predicted molar refractivity (Wildman–Crippen MR) is 80.3 cm³/mol. The van der Waals surface area contributed by atoms with Crippen LogP contribution in [-0.2, 0) is 0 Å². The molecule has 2 aliphatic rings. The van der Waals surface area contributed by atoms with Gasteiger partial charge in [-0.1, -0.05) is 32.6 Å². The van der Waals surface area contributed by atoms with Crippen molar-refractivity contribution >= 4 is 0 Å². The minimum absolute atomic E-state index is 0.297. The number of rotatable bonds is 6. The fraction of sp³-hybridized carbons (Fsp3) is 1.00. The first-order chi connectivity index (χ1) is 9.31. The molecule has 19 heavy (non-hydrogen) atoms. The minimum atomic E-state index is 0.297. The van der Waals surface area contributed by atoms with Crippen LogP contribution < -0.4 is 5.32 Å². The first kappa shape index (κ1) is 15.3. The number of hydrogen-bond acceptors (Lipinski definition) is 3. The molecule has 112 valence electrons. The Kier molecular flexibility index (Phi) is 6.62. The van der Waals surface area contributed by atoms with Crippen LogP contribution in [0.25, 0.3) is 0 Å². The molecule has 1 saturated carbocycles. The number of nitrogens with one attached hydrogen (secondary N) is 1. The highest BCUT2D eigenvalue weighted by Crippen LogP contribution is 2.24. The highest BCUT2D eigenvalue weighted by molar-refractivity contribution is 4.84. The zero-order valence-electron chi connectivity index (χ0n) is 12.6. The van der Waals surface area contributed by atoms with Crippen LogP contribution in [0.1, 0.15) is 51.9 Å². The van der Waals surface area contributed by atoms with Crippen LogP contribution in [0.2, 0.25) is 0 Å². The molecule has 2 rings (SSSR count). The Hall–Kier alpha value is -0.120. The van der Waals surface area contributed by atoms with Gasteiger partial charge in [-0.05, 0) is 37.6 Å². The second kappa shape index (κ2) is 8.23. The van der Waals surface area contributed by atoms with E-state index in [0.29, 0.717) is 12.6 Å². The van der Waals surface area contributed by atoms with Crippen molar-refractivity contribution in [2.75, 3.05) is 32.8 Å². The van der Waals surface area contributed by atoms with Gasteiger partial charge in [-0.3, -0.25) is 4.90 Å². The molecule has 1 aliphatic heterocycles. The second-order valence-corrected chi connectivity index (χ2v) is 6.60. The van der Waals surface area contributed by atoms with E-state index in [1.165, 1.54) is 58.0 Å². The highest BCUT2D eigenvalue weighted by Gasteiger charge is 2.26. The third kappa shape index (κ3) is 5.05. The fourth-order valence-electron chi connectivity index (χ4n) is 3.80. The molecule has 2 atom stereocenters. The zero-order valence-corrected chi connectivity index (χ0v) is 12.6. The van der Waals surface area contributed by atoms with Crippen LogP contribution in [0.5, 0.6) is 0 Å². The molecule has 1 heterocycles. The van der Waals surface area contributed by atoms with Gasteiger partial charge in [-0.25, -0.2) is 0 Å². The normalized spacial score (nSPS) is 30.6. The van der Waals surface area contributed by atoms with Crippen molar-refractivity contribution in [3.05, 3.63) is 0 Å². The predicted octanol–water partition coefficient (Wildman–Crippen LogP) is 2.25. The van der Waals surface area contributed by atoms with Gasteiger partial charge in [0.05, 0.1) is 6.61 Å². The molecule has 0 amide bonds. The summed E-state index contributed by atoms with van der Waals surface area (Å²) < 4.78 is 0. The van der Waals surface area contributed by atoms with Gasteiger partial charge in [-0.15, -0.1) is 0 Å². The van der Waals surface area contributed by atoms with Gasteiger partial charge in [0, 0.05) is 25.7 Å².